The van der Waals surface area contributed by atoms with E-state index in [9.17, 15) is 22.8 Å². The van der Waals surface area contributed by atoms with E-state index >= 15 is 0 Å². The summed E-state index contributed by atoms with van der Waals surface area (Å²) in [5, 5.41) is 6.80. The SMILES string of the molecule is CCOc1cc(N2CCC(=O)N(CC(=O)Nc3cccc(C(F)(F)F)c3)CC2)ccc1-n1cnc(C)n1. The van der Waals surface area contributed by atoms with Crippen molar-refractivity contribution in [2.24, 2.45) is 0 Å². The fourth-order valence-corrected chi connectivity index (χ4v) is 4.06. The molecule has 1 saturated heterocycles. The Morgan fingerprint density at radius 3 is 2.65 bits per heavy atom. The Kier molecular flexibility index (Phi) is 7.65. The van der Waals surface area contributed by atoms with Crippen molar-refractivity contribution in [1.29, 1.82) is 0 Å². The molecule has 3 aromatic rings. The summed E-state index contributed by atoms with van der Waals surface area (Å²) >= 11 is 0. The van der Waals surface area contributed by atoms with E-state index in [2.05, 4.69) is 15.4 Å². The lowest BCUT2D eigenvalue weighted by Gasteiger charge is -2.24. The summed E-state index contributed by atoms with van der Waals surface area (Å²) in [6, 6.07) is 10.1. The molecule has 1 aliphatic heterocycles. The van der Waals surface area contributed by atoms with Gasteiger partial charge in [-0.3, -0.25) is 9.59 Å². The summed E-state index contributed by atoms with van der Waals surface area (Å²) in [6.45, 7) is 5.08. The normalized spacial score (nSPS) is 14.5. The fourth-order valence-electron chi connectivity index (χ4n) is 4.06. The molecule has 0 spiro atoms. The van der Waals surface area contributed by atoms with Gasteiger partial charge in [0.2, 0.25) is 11.8 Å². The topological polar surface area (TPSA) is 92.6 Å². The Labute approximate surface area is 211 Å². The molecule has 4 rings (SSSR count). The molecule has 196 valence electrons. The summed E-state index contributed by atoms with van der Waals surface area (Å²) in [5.74, 6) is 0.487. The third-order valence-electron chi connectivity index (χ3n) is 5.86. The first-order valence-electron chi connectivity index (χ1n) is 11.8. The van der Waals surface area contributed by atoms with Gasteiger partial charge in [0.25, 0.3) is 0 Å². The lowest BCUT2D eigenvalue weighted by atomic mass is 10.2. The van der Waals surface area contributed by atoms with Crippen LogP contribution in [-0.2, 0) is 15.8 Å². The minimum Gasteiger partial charge on any atom is -0.492 e. The van der Waals surface area contributed by atoms with Gasteiger partial charge < -0.3 is 19.9 Å². The molecule has 37 heavy (non-hydrogen) atoms. The maximum Gasteiger partial charge on any atom is 0.416 e. The van der Waals surface area contributed by atoms with Crippen LogP contribution in [0.5, 0.6) is 5.75 Å². The number of carbonyl (C=O) groups is 2. The van der Waals surface area contributed by atoms with E-state index in [-0.39, 0.29) is 31.1 Å². The van der Waals surface area contributed by atoms with E-state index in [1.165, 1.54) is 17.0 Å². The number of amides is 2. The number of hydrogen-bond acceptors (Lipinski definition) is 6. The fraction of sp³-hybridized carbons (Fsp3) is 0.360. The molecule has 2 heterocycles. The number of halogens is 3. The highest BCUT2D eigenvalue weighted by molar-refractivity contribution is 5.94. The Bertz CT molecular complexity index is 1280. The number of rotatable bonds is 7. The van der Waals surface area contributed by atoms with Crippen LogP contribution in [0.4, 0.5) is 24.5 Å². The van der Waals surface area contributed by atoms with Crippen molar-refractivity contribution >= 4 is 23.2 Å². The first-order valence-corrected chi connectivity index (χ1v) is 11.8. The molecular weight excluding hydrogens is 489 g/mol. The number of aromatic nitrogens is 3. The van der Waals surface area contributed by atoms with Crippen molar-refractivity contribution in [2.45, 2.75) is 26.4 Å². The summed E-state index contributed by atoms with van der Waals surface area (Å²) in [5.41, 5.74) is 0.759. The Morgan fingerprint density at radius 1 is 1.14 bits per heavy atom. The van der Waals surface area contributed by atoms with Crippen LogP contribution >= 0.6 is 0 Å². The monoisotopic (exact) mass is 516 g/mol. The van der Waals surface area contributed by atoms with Gasteiger partial charge in [-0.2, -0.15) is 18.3 Å². The van der Waals surface area contributed by atoms with Crippen molar-refractivity contribution in [3.8, 4) is 11.4 Å². The lowest BCUT2D eigenvalue weighted by Crippen LogP contribution is -2.39. The van der Waals surface area contributed by atoms with Crippen LogP contribution in [0.15, 0.2) is 48.8 Å². The van der Waals surface area contributed by atoms with E-state index in [1.807, 2.05) is 30.0 Å². The zero-order valence-electron chi connectivity index (χ0n) is 20.5. The average molecular weight is 517 g/mol. The number of alkyl halides is 3. The number of anilines is 2. The summed E-state index contributed by atoms with van der Waals surface area (Å²) in [7, 11) is 0. The molecule has 0 aliphatic carbocycles. The Morgan fingerprint density at radius 2 is 1.95 bits per heavy atom. The van der Waals surface area contributed by atoms with Crippen LogP contribution in [-0.4, -0.2) is 64.3 Å². The zero-order valence-corrected chi connectivity index (χ0v) is 20.5. The van der Waals surface area contributed by atoms with E-state index in [0.717, 1.165) is 23.5 Å². The summed E-state index contributed by atoms with van der Waals surface area (Å²) in [6.07, 6.45) is -2.72. The van der Waals surface area contributed by atoms with Gasteiger partial charge >= 0.3 is 6.18 Å². The molecule has 0 saturated carbocycles. The van der Waals surface area contributed by atoms with Crippen LogP contribution in [0.25, 0.3) is 5.69 Å². The van der Waals surface area contributed by atoms with Crippen LogP contribution in [0, 0.1) is 6.92 Å². The number of hydrogen-bond donors (Lipinski definition) is 1. The Balaban J connectivity index is 1.42. The molecule has 0 bridgehead atoms. The van der Waals surface area contributed by atoms with Gasteiger partial charge in [-0.25, -0.2) is 9.67 Å². The molecule has 0 radical (unpaired) electrons. The number of ether oxygens (including phenoxy) is 1. The van der Waals surface area contributed by atoms with Crippen molar-refractivity contribution in [3.05, 3.63) is 60.2 Å². The van der Waals surface area contributed by atoms with E-state index < -0.39 is 17.6 Å². The van der Waals surface area contributed by atoms with Gasteiger partial charge in [0.15, 0.2) is 0 Å². The van der Waals surface area contributed by atoms with E-state index in [1.54, 1.807) is 17.9 Å². The highest BCUT2D eigenvalue weighted by Crippen LogP contribution is 2.31. The van der Waals surface area contributed by atoms with Gasteiger partial charge in [0.05, 0.1) is 18.7 Å². The molecule has 1 N–H and O–H groups in total. The van der Waals surface area contributed by atoms with Crippen molar-refractivity contribution in [3.63, 3.8) is 0 Å². The molecule has 1 fully saturated rings. The average Bonchev–Trinajstić information content (AvgIpc) is 3.20. The van der Waals surface area contributed by atoms with Gasteiger partial charge in [0.1, 0.15) is 23.6 Å². The smallest absolute Gasteiger partial charge is 0.416 e. The standard InChI is InChI=1S/C25H27F3N6O3/c1-3-37-22-14-20(7-8-21(22)34-16-29-17(2)31-34)32-10-9-24(36)33(12-11-32)15-23(35)30-19-6-4-5-18(13-19)25(26,27)28/h4-8,13-14,16H,3,9-12,15H2,1-2H3,(H,30,35). The highest BCUT2D eigenvalue weighted by Gasteiger charge is 2.30. The van der Waals surface area contributed by atoms with Gasteiger partial charge in [-0.15, -0.1) is 0 Å². The number of carbonyl (C=O) groups excluding carboxylic acids is 2. The Hall–Kier alpha value is -4.09. The minimum atomic E-state index is -4.51. The summed E-state index contributed by atoms with van der Waals surface area (Å²) < 4.78 is 46.3. The molecule has 9 nitrogen and oxygen atoms in total. The third kappa shape index (κ3) is 6.38. The number of nitrogens with zero attached hydrogens (tertiary/aromatic N) is 5. The molecule has 12 heteroatoms. The maximum atomic E-state index is 12.9. The highest BCUT2D eigenvalue weighted by atomic mass is 19.4. The minimum absolute atomic E-state index is 0.0230. The van der Waals surface area contributed by atoms with E-state index in [0.29, 0.717) is 31.3 Å². The predicted octanol–water partition coefficient (Wildman–Crippen LogP) is 3.67. The van der Waals surface area contributed by atoms with Crippen LogP contribution in [0.2, 0.25) is 0 Å². The van der Waals surface area contributed by atoms with Crippen molar-refractivity contribution < 1.29 is 27.5 Å². The molecule has 2 amide bonds. The van der Waals surface area contributed by atoms with Crippen LogP contribution in [0.1, 0.15) is 24.7 Å². The second-order valence-corrected chi connectivity index (χ2v) is 8.50. The van der Waals surface area contributed by atoms with Gasteiger partial charge in [-0.1, -0.05) is 6.07 Å². The first-order chi connectivity index (χ1) is 17.6. The molecule has 1 aliphatic rings. The van der Waals surface area contributed by atoms with Gasteiger partial charge in [0, 0.05) is 43.5 Å². The second-order valence-electron chi connectivity index (χ2n) is 8.50. The van der Waals surface area contributed by atoms with Crippen molar-refractivity contribution in [1.82, 2.24) is 19.7 Å². The predicted molar refractivity (Wildman–Crippen MR) is 131 cm³/mol. The second kappa shape index (κ2) is 10.9. The van der Waals surface area contributed by atoms with Crippen LogP contribution < -0.4 is 15.0 Å². The number of aryl methyl sites for hydroxylation is 1. The quantitative estimate of drug-likeness (QED) is 0.515. The molecule has 0 unspecified atom stereocenters. The largest absolute Gasteiger partial charge is 0.492 e. The molecule has 1 aromatic heterocycles. The number of benzene rings is 2. The first kappa shape index (κ1) is 26.0. The van der Waals surface area contributed by atoms with Gasteiger partial charge in [-0.05, 0) is 44.2 Å². The van der Waals surface area contributed by atoms with E-state index in [4.69, 9.17) is 4.74 Å². The molecule has 2 aromatic carbocycles. The molecular formula is C25H27F3N6O3. The lowest BCUT2D eigenvalue weighted by molar-refractivity contribution is -0.137. The zero-order chi connectivity index (χ0) is 26.6. The summed E-state index contributed by atoms with van der Waals surface area (Å²) in [4.78, 5) is 32.8. The van der Waals surface area contributed by atoms with Crippen LogP contribution in [0.3, 0.4) is 0 Å². The maximum absolute atomic E-state index is 12.9. The van der Waals surface area contributed by atoms with Crippen molar-refractivity contribution in [2.75, 3.05) is 43.0 Å². The number of nitrogens with one attached hydrogen (secondary N) is 1. The third-order valence-corrected chi connectivity index (χ3v) is 5.86. The molecule has 0 atom stereocenters.